The first-order valence-corrected chi connectivity index (χ1v) is 14.4. The molecule has 0 aliphatic carbocycles. The third-order valence-electron chi connectivity index (χ3n) is 8.20. The van der Waals surface area contributed by atoms with Crippen LogP contribution in [0, 0.1) is 20.8 Å². The fraction of sp³-hybridized carbons (Fsp3) is 0.250. The largest absolute Gasteiger partial charge is 0.512 e. The zero-order valence-corrected chi connectivity index (χ0v) is 25.8. The minimum absolute atomic E-state index is 0.00809. The minimum atomic E-state index is -4.64. The summed E-state index contributed by atoms with van der Waals surface area (Å²) in [6, 6.07) is 19.4. The van der Waals surface area contributed by atoms with Crippen LogP contribution in [0.15, 0.2) is 89.7 Å². The van der Waals surface area contributed by atoms with Crippen molar-refractivity contribution in [2.45, 2.75) is 59.3 Å². The number of aliphatic hydroxyl groups excluding tert-OH is 1. The summed E-state index contributed by atoms with van der Waals surface area (Å²) in [6.07, 6.45) is -2.98. The van der Waals surface area contributed by atoms with Crippen molar-refractivity contribution in [3.8, 4) is 11.1 Å². The molecule has 0 bridgehead atoms. The number of alkyl halides is 3. The monoisotopic (exact) mass is 613 g/mol. The first kappa shape index (κ1) is 31.5. The summed E-state index contributed by atoms with van der Waals surface area (Å²) in [7, 11) is 0. The second-order valence-corrected chi connectivity index (χ2v) is 11.9. The molecule has 0 spiro atoms. The number of hydrogen-bond donors (Lipinski definition) is 1. The first-order chi connectivity index (χ1) is 21.1. The number of benzene rings is 2. The van der Waals surface area contributed by atoms with Crippen LogP contribution < -0.4 is 0 Å². The van der Waals surface area contributed by atoms with Crippen molar-refractivity contribution in [1.82, 2.24) is 14.9 Å². The number of hydrogen-bond acceptors (Lipinski definition) is 5. The Labute approximate surface area is 259 Å². The molecule has 0 saturated heterocycles. The quantitative estimate of drug-likeness (QED) is 0.177. The highest BCUT2D eigenvalue weighted by Crippen LogP contribution is 2.33. The summed E-state index contributed by atoms with van der Waals surface area (Å²) >= 11 is 0. The number of carbonyl (C=O) groups is 1. The third kappa shape index (κ3) is 6.48. The zero-order chi connectivity index (χ0) is 32.7. The van der Waals surface area contributed by atoms with Gasteiger partial charge in [0.05, 0.1) is 23.4 Å². The van der Waals surface area contributed by atoms with Gasteiger partial charge in [-0.05, 0) is 86.2 Å². The van der Waals surface area contributed by atoms with Crippen molar-refractivity contribution < 1.29 is 27.5 Å². The molecule has 0 atom stereocenters. The lowest BCUT2D eigenvalue weighted by molar-refractivity contribution is -0.153. The summed E-state index contributed by atoms with van der Waals surface area (Å²) < 4.78 is 45.1. The SMILES string of the molecule is C=C(O)C(C)(C)c1cccc(-c2ccc(CN(Cc3ccc(C(F)(F)F)o3)C(=O)c3c(C)c(C)nc4cc(C)cnc34)cc2)c1. The van der Waals surface area contributed by atoms with E-state index >= 15 is 0 Å². The Morgan fingerprint density at radius 1 is 0.956 bits per heavy atom. The fourth-order valence-electron chi connectivity index (χ4n) is 5.15. The molecule has 0 radical (unpaired) electrons. The predicted molar refractivity (Wildman–Crippen MR) is 168 cm³/mol. The average molecular weight is 614 g/mol. The highest BCUT2D eigenvalue weighted by Gasteiger charge is 2.35. The van der Waals surface area contributed by atoms with Gasteiger partial charge < -0.3 is 14.4 Å². The zero-order valence-electron chi connectivity index (χ0n) is 25.8. The van der Waals surface area contributed by atoms with Crippen LogP contribution in [0.3, 0.4) is 0 Å². The van der Waals surface area contributed by atoms with Gasteiger partial charge in [-0.2, -0.15) is 13.2 Å². The van der Waals surface area contributed by atoms with E-state index in [0.717, 1.165) is 33.9 Å². The van der Waals surface area contributed by atoms with Crippen LogP contribution in [-0.2, 0) is 24.7 Å². The van der Waals surface area contributed by atoms with E-state index < -0.39 is 23.3 Å². The molecule has 5 aromatic rings. The number of aliphatic hydroxyl groups is 1. The van der Waals surface area contributed by atoms with Crippen molar-refractivity contribution in [1.29, 1.82) is 0 Å². The second-order valence-electron chi connectivity index (χ2n) is 11.9. The van der Waals surface area contributed by atoms with E-state index in [1.54, 1.807) is 13.1 Å². The molecule has 0 aliphatic rings. The Hall–Kier alpha value is -4.92. The molecule has 6 nitrogen and oxygen atoms in total. The number of pyridine rings is 2. The van der Waals surface area contributed by atoms with Gasteiger partial charge in [0.15, 0.2) is 0 Å². The standard InChI is InChI=1S/C36H34F3N3O3/c1-21-16-30-33(40-18-21)32(22(2)23(3)41-30)34(44)42(20-29-14-15-31(45-29)36(37,38)39)19-25-10-12-26(13-11-25)27-8-7-9-28(17-27)35(5,6)24(4)43/h7-18,43H,4,19-20H2,1-3,5-6H3. The summed E-state index contributed by atoms with van der Waals surface area (Å²) in [4.78, 5) is 24.9. The van der Waals surface area contributed by atoms with Crippen LogP contribution in [0.5, 0.6) is 0 Å². The molecule has 0 aliphatic heterocycles. The molecule has 45 heavy (non-hydrogen) atoms. The number of fused-ring (bicyclic) bond motifs is 1. The van der Waals surface area contributed by atoms with Crippen molar-refractivity contribution in [3.63, 3.8) is 0 Å². The summed E-state index contributed by atoms with van der Waals surface area (Å²) in [5.41, 5.74) is 6.45. The predicted octanol–water partition coefficient (Wildman–Crippen LogP) is 9.03. The van der Waals surface area contributed by atoms with Gasteiger partial charge in [0.2, 0.25) is 5.76 Å². The Morgan fingerprint density at radius 2 is 1.67 bits per heavy atom. The van der Waals surface area contributed by atoms with Gasteiger partial charge in [-0.15, -0.1) is 0 Å². The lowest BCUT2D eigenvalue weighted by atomic mass is 9.82. The van der Waals surface area contributed by atoms with Crippen LogP contribution in [-0.4, -0.2) is 25.9 Å². The van der Waals surface area contributed by atoms with Crippen molar-refractivity contribution in [3.05, 3.63) is 130 Å². The Kier molecular flexibility index (Phi) is 8.31. The van der Waals surface area contributed by atoms with E-state index in [2.05, 4.69) is 16.5 Å². The average Bonchev–Trinajstić information content (AvgIpc) is 3.47. The van der Waals surface area contributed by atoms with E-state index in [1.165, 1.54) is 11.0 Å². The Morgan fingerprint density at radius 3 is 2.31 bits per heavy atom. The molecule has 0 fully saturated rings. The number of aryl methyl sites for hydroxylation is 2. The molecule has 232 valence electrons. The van der Waals surface area contributed by atoms with Gasteiger partial charge in [0.1, 0.15) is 11.3 Å². The highest BCUT2D eigenvalue weighted by molar-refractivity contribution is 6.06. The number of aromatic nitrogens is 2. The van der Waals surface area contributed by atoms with Crippen molar-refractivity contribution in [2.24, 2.45) is 0 Å². The van der Waals surface area contributed by atoms with Crippen LogP contribution >= 0.6 is 0 Å². The number of carbonyl (C=O) groups excluding carboxylic acids is 1. The van der Waals surface area contributed by atoms with E-state index in [0.29, 0.717) is 27.9 Å². The Balaban J connectivity index is 1.51. The lowest BCUT2D eigenvalue weighted by Crippen LogP contribution is -2.31. The Bertz CT molecular complexity index is 1910. The van der Waals surface area contributed by atoms with Crippen LogP contribution in [0.2, 0.25) is 0 Å². The molecule has 5 rings (SSSR count). The number of rotatable bonds is 8. The molecule has 0 unspecified atom stereocenters. The minimum Gasteiger partial charge on any atom is -0.512 e. The van der Waals surface area contributed by atoms with Gasteiger partial charge >= 0.3 is 6.18 Å². The summed E-state index contributed by atoms with van der Waals surface area (Å²) in [6.45, 7) is 12.9. The van der Waals surface area contributed by atoms with Crippen molar-refractivity contribution >= 4 is 16.9 Å². The number of amides is 1. The number of allylic oxidation sites excluding steroid dienone is 1. The van der Waals surface area contributed by atoms with Gasteiger partial charge in [-0.1, -0.05) is 55.1 Å². The highest BCUT2D eigenvalue weighted by atomic mass is 19.4. The molecule has 9 heteroatoms. The molecular formula is C36H34F3N3O3. The van der Waals surface area contributed by atoms with Crippen LogP contribution in [0.25, 0.3) is 22.2 Å². The maximum Gasteiger partial charge on any atom is 0.449 e. The second kappa shape index (κ2) is 11.9. The van der Waals surface area contributed by atoms with E-state index in [1.807, 2.05) is 82.3 Å². The fourth-order valence-corrected chi connectivity index (χ4v) is 5.15. The molecule has 3 heterocycles. The molecule has 0 saturated carbocycles. The number of nitrogens with zero attached hydrogens (tertiary/aromatic N) is 3. The summed E-state index contributed by atoms with van der Waals surface area (Å²) in [5, 5.41) is 10.1. The first-order valence-electron chi connectivity index (χ1n) is 14.4. The molecule has 3 aromatic heterocycles. The van der Waals surface area contributed by atoms with E-state index in [4.69, 9.17) is 4.42 Å². The topological polar surface area (TPSA) is 79.5 Å². The maximum absolute atomic E-state index is 14.3. The van der Waals surface area contributed by atoms with Gasteiger partial charge in [0, 0.05) is 23.9 Å². The molecule has 1 N–H and O–H groups in total. The van der Waals surface area contributed by atoms with E-state index in [9.17, 15) is 23.1 Å². The summed E-state index contributed by atoms with van der Waals surface area (Å²) in [5.74, 6) is -1.44. The molecule has 1 amide bonds. The van der Waals surface area contributed by atoms with Gasteiger partial charge in [0.25, 0.3) is 5.91 Å². The van der Waals surface area contributed by atoms with E-state index in [-0.39, 0.29) is 24.6 Å². The van der Waals surface area contributed by atoms with Crippen LogP contribution in [0.1, 0.15) is 63.7 Å². The molecular weight excluding hydrogens is 579 g/mol. The number of halogens is 3. The molecule has 2 aromatic carbocycles. The van der Waals surface area contributed by atoms with Gasteiger partial charge in [-0.3, -0.25) is 14.8 Å². The normalized spacial score (nSPS) is 12.0. The third-order valence-corrected chi connectivity index (χ3v) is 8.20. The van der Waals surface area contributed by atoms with Crippen LogP contribution in [0.4, 0.5) is 13.2 Å². The maximum atomic E-state index is 14.3. The van der Waals surface area contributed by atoms with Crippen molar-refractivity contribution in [2.75, 3.05) is 0 Å². The van der Waals surface area contributed by atoms with Gasteiger partial charge in [-0.25, -0.2) is 0 Å². The number of furan rings is 1. The lowest BCUT2D eigenvalue weighted by Gasteiger charge is -2.25. The smallest absolute Gasteiger partial charge is 0.449 e.